The summed E-state index contributed by atoms with van der Waals surface area (Å²) in [6, 6.07) is 8.36. The minimum atomic E-state index is 0. The Balaban J connectivity index is 0.00000133. The summed E-state index contributed by atoms with van der Waals surface area (Å²) < 4.78 is 1.29. The van der Waals surface area contributed by atoms with Gasteiger partial charge in [0, 0.05) is 31.4 Å². The van der Waals surface area contributed by atoms with Crippen LogP contribution in [0.5, 0.6) is 0 Å². The summed E-state index contributed by atoms with van der Waals surface area (Å²) in [6.45, 7) is 2.36. The molecule has 3 rings (SSSR count). The van der Waals surface area contributed by atoms with Crippen molar-refractivity contribution >= 4 is 39.7 Å². The fourth-order valence-electron chi connectivity index (χ4n) is 2.26. The molecule has 0 atom stereocenters. The Morgan fingerprint density at radius 1 is 1.42 bits per heavy atom. The third-order valence-corrected chi connectivity index (χ3v) is 4.49. The van der Waals surface area contributed by atoms with Gasteiger partial charge in [-0.05, 0) is 22.4 Å². The van der Waals surface area contributed by atoms with Crippen molar-refractivity contribution in [2.75, 3.05) is 20.1 Å². The number of carbonyl (C=O) groups is 1. The highest BCUT2D eigenvalue weighted by atomic mass is 35.5. The van der Waals surface area contributed by atoms with Crippen LogP contribution in [-0.4, -0.2) is 30.9 Å². The largest absolute Gasteiger partial charge is 0.341 e. The van der Waals surface area contributed by atoms with Crippen molar-refractivity contribution in [1.29, 1.82) is 0 Å². The number of nitrogens with one attached hydrogen (secondary N) is 1. The molecule has 1 N–H and O–H groups in total. The van der Waals surface area contributed by atoms with Gasteiger partial charge in [0.05, 0.1) is 5.92 Å². The third kappa shape index (κ3) is 2.76. The van der Waals surface area contributed by atoms with E-state index in [0.29, 0.717) is 6.54 Å². The minimum Gasteiger partial charge on any atom is -0.341 e. The van der Waals surface area contributed by atoms with Gasteiger partial charge in [0.2, 0.25) is 5.91 Å². The van der Waals surface area contributed by atoms with Crippen LogP contribution in [0.1, 0.15) is 5.56 Å². The molecule has 2 heterocycles. The van der Waals surface area contributed by atoms with E-state index in [9.17, 15) is 4.79 Å². The van der Waals surface area contributed by atoms with Gasteiger partial charge in [-0.2, -0.15) is 0 Å². The average Bonchev–Trinajstić information content (AvgIpc) is 2.70. The molecule has 1 fully saturated rings. The molecule has 2 aromatic rings. The molecule has 0 radical (unpaired) electrons. The standard InChI is InChI=1S/C14H16N2OS.ClH/c1-16(14(17)10-6-15-7-10)8-11-9-18-13-5-3-2-4-12(11)13;/h2-5,9-10,15H,6-8H2,1H3;1H. The summed E-state index contributed by atoms with van der Waals surface area (Å²) in [4.78, 5) is 13.9. The normalized spacial score (nSPS) is 14.8. The highest BCUT2D eigenvalue weighted by Gasteiger charge is 2.27. The summed E-state index contributed by atoms with van der Waals surface area (Å²) in [6.07, 6.45) is 0. The lowest BCUT2D eigenvalue weighted by molar-refractivity contribution is -0.136. The minimum absolute atomic E-state index is 0. The summed E-state index contributed by atoms with van der Waals surface area (Å²) in [5.41, 5.74) is 1.25. The maximum absolute atomic E-state index is 12.1. The summed E-state index contributed by atoms with van der Waals surface area (Å²) in [5.74, 6) is 0.434. The van der Waals surface area contributed by atoms with Crippen LogP contribution >= 0.6 is 23.7 Å². The van der Waals surface area contributed by atoms with Gasteiger partial charge in [-0.1, -0.05) is 18.2 Å². The zero-order valence-corrected chi connectivity index (χ0v) is 12.4. The van der Waals surface area contributed by atoms with E-state index in [1.165, 1.54) is 15.6 Å². The predicted molar refractivity (Wildman–Crippen MR) is 81.9 cm³/mol. The quantitative estimate of drug-likeness (QED) is 0.944. The number of benzene rings is 1. The van der Waals surface area contributed by atoms with Crippen molar-refractivity contribution in [3.05, 3.63) is 35.2 Å². The number of amides is 1. The zero-order chi connectivity index (χ0) is 12.5. The fraction of sp³-hybridized carbons (Fsp3) is 0.357. The molecule has 1 saturated heterocycles. The number of thiophene rings is 1. The molecule has 1 aliphatic heterocycles. The molecule has 0 unspecified atom stereocenters. The van der Waals surface area contributed by atoms with Crippen LogP contribution in [0.3, 0.4) is 0 Å². The van der Waals surface area contributed by atoms with Crippen LogP contribution in [-0.2, 0) is 11.3 Å². The molecule has 0 spiro atoms. The second kappa shape index (κ2) is 5.90. The van der Waals surface area contributed by atoms with Crippen LogP contribution in [0.4, 0.5) is 0 Å². The first kappa shape index (κ1) is 14.3. The maximum Gasteiger partial charge on any atom is 0.228 e. The van der Waals surface area contributed by atoms with Gasteiger partial charge in [-0.25, -0.2) is 0 Å². The molecule has 3 nitrogen and oxygen atoms in total. The number of rotatable bonds is 3. The van der Waals surface area contributed by atoms with Gasteiger partial charge in [-0.15, -0.1) is 23.7 Å². The van der Waals surface area contributed by atoms with Crippen molar-refractivity contribution in [3.63, 3.8) is 0 Å². The van der Waals surface area contributed by atoms with Crippen molar-refractivity contribution in [1.82, 2.24) is 10.2 Å². The lowest BCUT2D eigenvalue weighted by Crippen LogP contribution is -2.50. The lowest BCUT2D eigenvalue weighted by atomic mass is 10.0. The van der Waals surface area contributed by atoms with Crippen LogP contribution in [0.15, 0.2) is 29.6 Å². The third-order valence-electron chi connectivity index (χ3n) is 3.48. The Morgan fingerprint density at radius 2 is 2.16 bits per heavy atom. The second-order valence-corrected chi connectivity index (χ2v) is 5.72. The van der Waals surface area contributed by atoms with E-state index in [1.54, 1.807) is 11.3 Å². The van der Waals surface area contributed by atoms with Crippen molar-refractivity contribution in [3.8, 4) is 0 Å². The van der Waals surface area contributed by atoms with E-state index < -0.39 is 0 Å². The zero-order valence-electron chi connectivity index (χ0n) is 10.8. The fourth-order valence-corrected chi connectivity index (χ4v) is 3.22. The molecule has 1 amide bonds. The van der Waals surface area contributed by atoms with Gasteiger partial charge in [0.15, 0.2) is 0 Å². The van der Waals surface area contributed by atoms with E-state index >= 15 is 0 Å². The molecule has 0 bridgehead atoms. The van der Waals surface area contributed by atoms with Crippen LogP contribution in [0.25, 0.3) is 10.1 Å². The van der Waals surface area contributed by atoms with Gasteiger partial charge in [-0.3, -0.25) is 4.79 Å². The topological polar surface area (TPSA) is 32.3 Å². The molecular weight excluding hydrogens is 280 g/mol. The Morgan fingerprint density at radius 3 is 2.84 bits per heavy atom. The number of hydrogen-bond donors (Lipinski definition) is 1. The number of hydrogen-bond acceptors (Lipinski definition) is 3. The highest BCUT2D eigenvalue weighted by molar-refractivity contribution is 7.17. The summed E-state index contributed by atoms with van der Waals surface area (Å²) >= 11 is 1.75. The Hall–Kier alpha value is -1.10. The Kier molecular flexibility index (Phi) is 4.45. The van der Waals surface area contributed by atoms with Crippen molar-refractivity contribution < 1.29 is 4.79 Å². The van der Waals surface area contributed by atoms with E-state index in [1.807, 2.05) is 11.9 Å². The molecule has 19 heavy (non-hydrogen) atoms. The molecule has 5 heteroatoms. The second-order valence-electron chi connectivity index (χ2n) is 4.81. The lowest BCUT2D eigenvalue weighted by Gasteiger charge is -2.30. The van der Waals surface area contributed by atoms with Crippen LogP contribution in [0, 0.1) is 5.92 Å². The SMILES string of the molecule is CN(Cc1csc2ccccc12)C(=O)C1CNC1.Cl. The first-order valence-corrected chi connectivity index (χ1v) is 7.04. The van der Waals surface area contributed by atoms with Crippen molar-refractivity contribution in [2.24, 2.45) is 5.92 Å². The number of fused-ring (bicyclic) bond motifs is 1. The first-order chi connectivity index (χ1) is 8.75. The molecular formula is C14H17ClN2OS. The predicted octanol–water partition coefficient (Wildman–Crippen LogP) is 2.50. The van der Waals surface area contributed by atoms with E-state index in [-0.39, 0.29) is 24.2 Å². The van der Waals surface area contributed by atoms with E-state index in [4.69, 9.17) is 0 Å². The van der Waals surface area contributed by atoms with Gasteiger partial charge in [0.1, 0.15) is 0 Å². The molecule has 102 valence electrons. The number of halogens is 1. The van der Waals surface area contributed by atoms with Gasteiger partial charge >= 0.3 is 0 Å². The molecule has 1 aromatic carbocycles. The number of carbonyl (C=O) groups excluding carboxylic acids is 1. The molecule has 0 aliphatic carbocycles. The average molecular weight is 297 g/mol. The molecule has 1 aliphatic rings. The molecule has 0 saturated carbocycles. The summed E-state index contributed by atoms with van der Waals surface area (Å²) in [5, 5.41) is 6.57. The van der Waals surface area contributed by atoms with Gasteiger partial charge in [0.25, 0.3) is 0 Å². The number of nitrogens with zero attached hydrogens (tertiary/aromatic N) is 1. The Labute approximate surface area is 123 Å². The highest BCUT2D eigenvalue weighted by Crippen LogP contribution is 2.26. The van der Waals surface area contributed by atoms with Crippen molar-refractivity contribution in [2.45, 2.75) is 6.54 Å². The smallest absolute Gasteiger partial charge is 0.228 e. The van der Waals surface area contributed by atoms with E-state index in [0.717, 1.165) is 13.1 Å². The van der Waals surface area contributed by atoms with Gasteiger partial charge < -0.3 is 10.2 Å². The first-order valence-electron chi connectivity index (χ1n) is 6.16. The van der Waals surface area contributed by atoms with Crippen LogP contribution in [0.2, 0.25) is 0 Å². The maximum atomic E-state index is 12.1. The Bertz CT molecular complexity index is 580. The molecule has 1 aromatic heterocycles. The van der Waals surface area contributed by atoms with Crippen LogP contribution < -0.4 is 5.32 Å². The van der Waals surface area contributed by atoms with E-state index in [2.05, 4.69) is 35.0 Å². The summed E-state index contributed by atoms with van der Waals surface area (Å²) in [7, 11) is 1.90. The monoisotopic (exact) mass is 296 g/mol.